The Kier molecular flexibility index (Phi) is 7.08. The highest BCUT2D eigenvalue weighted by molar-refractivity contribution is 6.10. The highest BCUT2D eigenvalue weighted by Crippen LogP contribution is 2.29. The predicted octanol–water partition coefficient (Wildman–Crippen LogP) is 3.39. The number of hydrogen-bond acceptors (Lipinski definition) is 5. The number of methoxy groups -OCH3 is 2. The van der Waals surface area contributed by atoms with E-state index in [4.69, 9.17) is 14.2 Å². The Morgan fingerprint density at radius 2 is 1.90 bits per heavy atom. The zero-order valence-electron chi connectivity index (χ0n) is 17.0. The first-order valence-corrected chi connectivity index (χ1v) is 9.62. The van der Waals surface area contributed by atoms with Gasteiger partial charge in [-0.2, -0.15) is 0 Å². The van der Waals surface area contributed by atoms with Gasteiger partial charge < -0.3 is 19.5 Å². The topological polar surface area (TPSA) is 81.2 Å². The largest absolute Gasteiger partial charge is 0.493 e. The van der Waals surface area contributed by atoms with E-state index in [1.54, 1.807) is 38.5 Å². The number of carbonyl (C=O) groups excluding carboxylic acids is 1. The molecule has 1 unspecified atom stereocenters. The Morgan fingerprint density at radius 3 is 2.55 bits per heavy atom. The number of nitrogens with zero attached hydrogens (tertiary/aromatic N) is 1. The van der Waals surface area contributed by atoms with E-state index in [0.717, 1.165) is 30.7 Å². The third kappa shape index (κ3) is 5.71. The van der Waals surface area contributed by atoms with Crippen molar-refractivity contribution in [3.05, 3.63) is 53.6 Å². The quantitative estimate of drug-likeness (QED) is 0.577. The van der Waals surface area contributed by atoms with Crippen molar-refractivity contribution in [3.8, 4) is 11.5 Å². The minimum Gasteiger partial charge on any atom is -0.493 e. The monoisotopic (exact) mass is 397 g/mol. The number of amides is 1. The molecule has 1 aliphatic heterocycles. The Balaban J connectivity index is 1.77. The van der Waals surface area contributed by atoms with Crippen molar-refractivity contribution < 1.29 is 19.0 Å². The summed E-state index contributed by atoms with van der Waals surface area (Å²) in [5.74, 6) is 1.34. The molecule has 0 spiro atoms. The lowest BCUT2D eigenvalue weighted by Crippen LogP contribution is -2.36. The fraction of sp³-hybridized carbons (Fsp3) is 0.364. The van der Waals surface area contributed by atoms with Crippen LogP contribution in [0.1, 0.15) is 28.8 Å². The Hall–Kier alpha value is -3.06. The van der Waals surface area contributed by atoms with Crippen molar-refractivity contribution in [2.75, 3.05) is 32.7 Å². The molecule has 0 aromatic heterocycles. The fourth-order valence-corrected chi connectivity index (χ4v) is 3.03. The zero-order valence-corrected chi connectivity index (χ0v) is 17.0. The second kappa shape index (κ2) is 9.93. The van der Waals surface area contributed by atoms with E-state index < -0.39 is 0 Å². The number of hydrogen-bond donors (Lipinski definition) is 2. The van der Waals surface area contributed by atoms with Crippen LogP contribution in [-0.2, 0) is 4.74 Å². The maximum Gasteiger partial charge on any atom is 0.257 e. The van der Waals surface area contributed by atoms with Gasteiger partial charge in [-0.3, -0.25) is 10.1 Å². The molecule has 0 bridgehead atoms. The van der Waals surface area contributed by atoms with E-state index >= 15 is 0 Å². The Bertz CT molecular complexity index is 859. The van der Waals surface area contributed by atoms with Crippen molar-refractivity contribution in [2.24, 2.45) is 4.99 Å². The molecule has 2 aromatic rings. The van der Waals surface area contributed by atoms with Gasteiger partial charge in [0.05, 0.1) is 26.9 Å². The van der Waals surface area contributed by atoms with Crippen LogP contribution in [0.3, 0.4) is 0 Å². The van der Waals surface area contributed by atoms with Gasteiger partial charge in [-0.25, -0.2) is 4.99 Å². The molecule has 7 nitrogen and oxygen atoms in total. The van der Waals surface area contributed by atoms with Gasteiger partial charge in [0.1, 0.15) is 0 Å². The van der Waals surface area contributed by atoms with Gasteiger partial charge >= 0.3 is 0 Å². The maximum absolute atomic E-state index is 12.7. The highest BCUT2D eigenvalue weighted by Gasteiger charge is 2.16. The van der Waals surface area contributed by atoms with Crippen LogP contribution in [0.2, 0.25) is 0 Å². The van der Waals surface area contributed by atoms with Crippen molar-refractivity contribution in [3.63, 3.8) is 0 Å². The van der Waals surface area contributed by atoms with Crippen LogP contribution < -0.4 is 20.1 Å². The molecule has 154 valence electrons. The van der Waals surface area contributed by atoms with Crippen LogP contribution in [0.5, 0.6) is 11.5 Å². The van der Waals surface area contributed by atoms with Gasteiger partial charge in [0.15, 0.2) is 11.5 Å². The van der Waals surface area contributed by atoms with Gasteiger partial charge in [0.2, 0.25) is 5.96 Å². The van der Waals surface area contributed by atoms with Crippen LogP contribution in [0.4, 0.5) is 5.69 Å². The van der Waals surface area contributed by atoms with Gasteiger partial charge in [0, 0.05) is 23.9 Å². The number of anilines is 1. The lowest BCUT2D eigenvalue weighted by molar-refractivity contribution is 0.0975. The van der Waals surface area contributed by atoms with Gasteiger partial charge in [-0.05, 0) is 44.0 Å². The Morgan fingerprint density at radius 1 is 1.14 bits per heavy atom. The lowest BCUT2D eigenvalue weighted by Gasteiger charge is -2.15. The van der Waals surface area contributed by atoms with Crippen molar-refractivity contribution in [1.82, 2.24) is 5.32 Å². The molecule has 1 fully saturated rings. The molecule has 29 heavy (non-hydrogen) atoms. The van der Waals surface area contributed by atoms with Crippen LogP contribution in [0.15, 0.2) is 47.5 Å². The number of aryl methyl sites for hydroxylation is 1. The zero-order chi connectivity index (χ0) is 20.6. The van der Waals surface area contributed by atoms with Gasteiger partial charge in [-0.1, -0.05) is 17.7 Å². The molecule has 1 heterocycles. The van der Waals surface area contributed by atoms with Crippen LogP contribution >= 0.6 is 0 Å². The van der Waals surface area contributed by atoms with Crippen molar-refractivity contribution >= 4 is 17.6 Å². The highest BCUT2D eigenvalue weighted by atomic mass is 16.5. The average molecular weight is 397 g/mol. The first-order chi connectivity index (χ1) is 14.1. The predicted molar refractivity (Wildman–Crippen MR) is 113 cm³/mol. The third-order valence-electron chi connectivity index (χ3n) is 4.67. The van der Waals surface area contributed by atoms with E-state index in [1.165, 1.54) is 0 Å². The molecule has 1 saturated heterocycles. The van der Waals surface area contributed by atoms with Crippen LogP contribution in [0.25, 0.3) is 0 Å². The minimum absolute atomic E-state index is 0.0773. The molecular weight excluding hydrogens is 370 g/mol. The average Bonchev–Trinajstić information content (AvgIpc) is 3.26. The molecular formula is C22H27N3O4. The molecule has 2 aromatic carbocycles. The number of carbonyl (C=O) groups is 1. The molecule has 3 rings (SSSR count). The molecule has 0 saturated carbocycles. The van der Waals surface area contributed by atoms with E-state index in [1.807, 2.05) is 25.1 Å². The number of nitrogens with one attached hydrogen (secondary N) is 2. The van der Waals surface area contributed by atoms with E-state index in [9.17, 15) is 4.79 Å². The summed E-state index contributed by atoms with van der Waals surface area (Å²) in [5, 5.41) is 6.03. The summed E-state index contributed by atoms with van der Waals surface area (Å²) in [5.41, 5.74) is 2.38. The number of rotatable bonds is 6. The smallest absolute Gasteiger partial charge is 0.257 e. The second-order valence-corrected chi connectivity index (χ2v) is 6.84. The summed E-state index contributed by atoms with van der Waals surface area (Å²) in [6.07, 6.45) is 2.08. The molecule has 1 atom stereocenters. The first kappa shape index (κ1) is 20.7. The number of guanidine groups is 1. The molecule has 7 heteroatoms. The summed E-state index contributed by atoms with van der Waals surface area (Å²) < 4.78 is 16.3. The van der Waals surface area contributed by atoms with E-state index in [-0.39, 0.29) is 12.0 Å². The normalized spacial score (nSPS) is 16.4. The standard InChI is InChI=1S/C22H27N3O4/c1-15-6-8-16(9-7-15)21(26)25-22(23-14-18-5-4-12-29-18)24-17-10-11-19(27-2)20(13-17)28-3/h6-11,13,18H,4-5,12,14H2,1-3H3,(H2,23,24,25,26). The summed E-state index contributed by atoms with van der Waals surface area (Å²) in [6, 6.07) is 12.8. The maximum atomic E-state index is 12.7. The van der Waals surface area contributed by atoms with E-state index in [2.05, 4.69) is 15.6 Å². The van der Waals surface area contributed by atoms with Gasteiger partial charge in [0.25, 0.3) is 5.91 Å². The minimum atomic E-state index is -0.232. The van der Waals surface area contributed by atoms with Crippen LogP contribution in [0, 0.1) is 6.92 Å². The SMILES string of the molecule is COc1ccc(NC(=NCC2CCCO2)NC(=O)c2ccc(C)cc2)cc1OC. The third-order valence-corrected chi connectivity index (χ3v) is 4.67. The van der Waals surface area contributed by atoms with E-state index in [0.29, 0.717) is 29.6 Å². The van der Waals surface area contributed by atoms with Crippen LogP contribution in [-0.4, -0.2) is 45.3 Å². The number of aliphatic imine (C=N–C) groups is 1. The fourth-order valence-electron chi connectivity index (χ4n) is 3.03. The molecule has 2 N–H and O–H groups in total. The molecule has 1 aliphatic rings. The lowest BCUT2D eigenvalue weighted by atomic mass is 10.1. The summed E-state index contributed by atoms with van der Waals surface area (Å²) in [4.78, 5) is 17.2. The molecule has 0 radical (unpaired) electrons. The second-order valence-electron chi connectivity index (χ2n) is 6.84. The summed E-state index contributed by atoms with van der Waals surface area (Å²) in [6.45, 7) is 3.22. The summed E-state index contributed by atoms with van der Waals surface area (Å²) >= 11 is 0. The number of ether oxygens (including phenoxy) is 3. The van der Waals surface area contributed by atoms with Crippen molar-refractivity contribution in [2.45, 2.75) is 25.9 Å². The molecule has 0 aliphatic carbocycles. The van der Waals surface area contributed by atoms with Crippen molar-refractivity contribution in [1.29, 1.82) is 0 Å². The van der Waals surface area contributed by atoms with Gasteiger partial charge in [-0.15, -0.1) is 0 Å². The first-order valence-electron chi connectivity index (χ1n) is 9.62. The molecule has 1 amide bonds. The Labute approximate surface area is 171 Å². The number of benzene rings is 2. The summed E-state index contributed by atoms with van der Waals surface area (Å²) in [7, 11) is 3.16.